The van der Waals surface area contributed by atoms with Gasteiger partial charge in [0.05, 0.1) is 40.0 Å². The molecule has 2 heterocycles. The molecule has 0 aliphatic rings. The van der Waals surface area contributed by atoms with Gasteiger partial charge in [0.25, 0.3) is 0 Å². The molecule has 0 aliphatic heterocycles. The number of nitrogens with zero attached hydrogens (tertiary/aromatic N) is 6. The molecule has 0 unspecified atom stereocenters. The van der Waals surface area contributed by atoms with Crippen molar-refractivity contribution in [3.05, 3.63) is 205 Å². The van der Waals surface area contributed by atoms with Crippen LogP contribution in [-0.4, -0.2) is 19.5 Å². The van der Waals surface area contributed by atoms with Crippen LogP contribution in [0.1, 0.15) is 16.7 Å². The van der Waals surface area contributed by atoms with Gasteiger partial charge >= 0.3 is 0 Å². The Kier molecular flexibility index (Phi) is 9.06. The van der Waals surface area contributed by atoms with Crippen molar-refractivity contribution in [3.63, 3.8) is 0 Å². The average Bonchev–Trinajstić information content (AvgIpc) is 3.65. The molecule has 0 spiro atoms. The molecular formula is C54H34N6. The van der Waals surface area contributed by atoms with Crippen LogP contribution >= 0.6 is 0 Å². The number of fused-ring (bicyclic) bond motifs is 3. The lowest BCUT2D eigenvalue weighted by atomic mass is 9.89. The van der Waals surface area contributed by atoms with Crippen LogP contribution in [0, 0.1) is 29.6 Å². The molecule has 0 fully saturated rings. The van der Waals surface area contributed by atoms with E-state index in [1.807, 2.05) is 109 Å². The Bertz CT molecular complexity index is 3200. The van der Waals surface area contributed by atoms with E-state index in [0.29, 0.717) is 34.2 Å². The van der Waals surface area contributed by atoms with Crippen molar-refractivity contribution in [1.29, 1.82) is 10.5 Å². The molecular weight excluding hydrogens is 733 g/mol. The molecule has 8 aromatic carbocycles. The summed E-state index contributed by atoms with van der Waals surface area (Å²) >= 11 is 0. The number of hydrogen-bond acceptors (Lipinski definition) is 5. The van der Waals surface area contributed by atoms with Crippen molar-refractivity contribution in [1.82, 2.24) is 19.5 Å². The van der Waals surface area contributed by atoms with Crippen LogP contribution in [0.25, 0.3) is 95.0 Å². The Hall–Kier alpha value is -8.45. The highest BCUT2D eigenvalue weighted by Gasteiger charge is 2.25. The van der Waals surface area contributed by atoms with E-state index in [1.54, 1.807) is 0 Å². The van der Waals surface area contributed by atoms with Gasteiger partial charge in [-0.2, -0.15) is 10.5 Å². The Morgan fingerprint density at radius 3 is 1.42 bits per heavy atom. The largest absolute Gasteiger partial charge is 0.308 e. The molecule has 0 N–H and O–H groups in total. The highest BCUT2D eigenvalue weighted by atomic mass is 15.0. The monoisotopic (exact) mass is 766 g/mol. The molecule has 60 heavy (non-hydrogen) atoms. The van der Waals surface area contributed by atoms with E-state index in [2.05, 4.69) is 102 Å². The van der Waals surface area contributed by atoms with Crippen LogP contribution < -0.4 is 0 Å². The minimum absolute atomic E-state index is 0.464. The number of para-hydroxylation sites is 1. The highest BCUT2D eigenvalue weighted by Crippen LogP contribution is 2.45. The van der Waals surface area contributed by atoms with Gasteiger partial charge < -0.3 is 4.57 Å². The quantitative estimate of drug-likeness (QED) is 0.161. The molecule has 0 atom stereocenters. The van der Waals surface area contributed by atoms with E-state index in [0.717, 1.165) is 72.0 Å². The van der Waals surface area contributed by atoms with Crippen LogP contribution in [0.2, 0.25) is 0 Å². The smallest absolute Gasteiger partial charge is 0.164 e. The number of benzene rings is 8. The fourth-order valence-corrected chi connectivity index (χ4v) is 8.12. The zero-order valence-corrected chi connectivity index (χ0v) is 32.6. The van der Waals surface area contributed by atoms with Gasteiger partial charge in [-0.15, -0.1) is 0 Å². The Balaban J connectivity index is 1.34. The van der Waals surface area contributed by atoms with Gasteiger partial charge in [0.2, 0.25) is 0 Å². The van der Waals surface area contributed by atoms with Crippen LogP contribution in [0.3, 0.4) is 0 Å². The summed E-state index contributed by atoms with van der Waals surface area (Å²) in [6.45, 7) is 2.10. The normalized spacial score (nSPS) is 11.1. The predicted molar refractivity (Wildman–Crippen MR) is 241 cm³/mol. The summed E-state index contributed by atoms with van der Waals surface area (Å²) in [4.78, 5) is 15.2. The van der Waals surface area contributed by atoms with Crippen molar-refractivity contribution in [2.24, 2.45) is 0 Å². The summed E-state index contributed by atoms with van der Waals surface area (Å²) in [6.07, 6.45) is 0. The molecule has 0 aliphatic carbocycles. The molecule has 0 saturated carbocycles. The molecule has 0 bridgehead atoms. The molecule has 10 aromatic rings. The minimum atomic E-state index is 0.464. The lowest BCUT2D eigenvalue weighted by Gasteiger charge is -2.22. The van der Waals surface area contributed by atoms with Crippen LogP contribution in [0.15, 0.2) is 188 Å². The summed E-state index contributed by atoms with van der Waals surface area (Å²) in [5, 5.41) is 23.5. The third-order valence-corrected chi connectivity index (χ3v) is 11.0. The first-order valence-corrected chi connectivity index (χ1v) is 19.7. The van der Waals surface area contributed by atoms with Crippen LogP contribution in [0.5, 0.6) is 0 Å². The third kappa shape index (κ3) is 6.36. The molecule has 280 valence electrons. The molecule has 6 nitrogen and oxygen atoms in total. The number of aryl methyl sites for hydroxylation is 1. The topological polar surface area (TPSA) is 91.2 Å². The van der Waals surface area contributed by atoms with E-state index in [1.165, 1.54) is 5.56 Å². The molecule has 0 amide bonds. The zero-order chi connectivity index (χ0) is 40.6. The SMILES string of the molecule is Cc1ccc(-c2ccc3c(c2)c2ccccc2n3-c2c(-c3ccccc3C#N)cc(-c3nc(-c4ccccc4)nc(-c4ccccc4)n3)cc2-c2ccccc2C#N)cc1. The summed E-state index contributed by atoms with van der Waals surface area (Å²) in [6, 6.07) is 67.9. The fourth-order valence-electron chi connectivity index (χ4n) is 8.12. The van der Waals surface area contributed by atoms with E-state index in [4.69, 9.17) is 15.0 Å². The summed E-state index contributed by atoms with van der Waals surface area (Å²) in [7, 11) is 0. The third-order valence-electron chi connectivity index (χ3n) is 11.0. The summed E-state index contributed by atoms with van der Waals surface area (Å²) < 4.78 is 2.29. The van der Waals surface area contributed by atoms with Gasteiger partial charge in [0.1, 0.15) is 0 Å². The lowest BCUT2D eigenvalue weighted by molar-refractivity contribution is 1.07. The average molecular weight is 767 g/mol. The maximum atomic E-state index is 10.6. The van der Waals surface area contributed by atoms with Crippen LogP contribution in [0.4, 0.5) is 0 Å². The van der Waals surface area contributed by atoms with Gasteiger partial charge in [-0.3, -0.25) is 0 Å². The van der Waals surface area contributed by atoms with Gasteiger partial charge in [0, 0.05) is 49.7 Å². The predicted octanol–water partition coefficient (Wildman–Crippen LogP) is 13.0. The second kappa shape index (κ2) is 15.1. The minimum Gasteiger partial charge on any atom is -0.308 e. The molecule has 0 saturated heterocycles. The van der Waals surface area contributed by atoms with Gasteiger partial charge in [-0.25, -0.2) is 15.0 Å². The Labute approximate surface area is 347 Å². The second-order valence-electron chi connectivity index (χ2n) is 14.7. The van der Waals surface area contributed by atoms with Gasteiger partial charge in [-0.05, 0) is 60.5 Å². The Morgan fingerprint density at radius 2 is 0.850 bits per heavy atom. The number of hydrogen-bond donors (Lipinski definition) is 0. The molecule has 6 heteroatoms. The van der Waals surface area contributed by atoms with E-state index < -0.39 is 0 Å². The standard InChI is InChI=1S/C54H34N6/c1-35-24-26-36(27-25-35)39-28-29-50-46(30-39)45-22-12-13-23-49(45)60(50)51-47(43-20-10-8-18-40(43)33-55)31-42(32-48(51)44-21-11-9-19-41(44)34-56)54-58-52(37-14-4-2-5-15-37)57-53(59-54)38-16-6-3-7-17-38/h2-32H,1H3. The maximum Gasteiger partial charge on any atom is 0.164 e. The van der Waals surface area contributed by atoms with E-state index in [-0.39, 0.29) is 0 Å². The maximum absolute atomic E-state index is 10.6. The van der Waals surface area contributed by atoms with Gasteiger partial charge in [-0.1, -0.05) is 151 Å². The number of aromatic nitrogens is 4. The number of nitriles is 2. The van der Waals surface area contributed by atoms with Crippen molar-refractivity contribution in [3.8, 4) is 85.4 Å². The molecule has 10 rings (SSSR count). The first kappa shape index (κ1) is 35.9. The van der Waals surface area contributed by atoms with Crippen molar-refractivity contribution in [2.45, 2.75) is 6.92 Å². The summed E-state index contributed by atoms with van der Waals surface area (Å²) in [5.41, 5.74) is 12.8. The molecule has 0 radical (unpaired) electrons. The second-order valence-corrected chi connectivity index (χ2v) is 14.7. The van der Waals surface area contributed by atoms with Gasteiger partial charge in [0.15, 0.2) is 17.5 Å². The highest BCUT2D eigenvalue weighted by molar-refractivity contribution is 6.12. The Morgan fingerprint density at radius 1 is 0.383 bits per heavy atom. The van der Waals surface area contributed by atoms with E-state index >= 15 is 0 Å². The fraction of sp³-hybridized carbons (Fsp3) is 0.0185. The van der Waals surface area contributed by atoms with Crippen molar-refractivity contribution >= 4 is 21.8 Å². The molecule has 2 aromatic heterocycles. The van der Waals surface area contributed by atoms with E-state index in [9.17, 15) is 10.5 Å². The first-order chi connectivity index (χ1) is 29.6. The zero-order valence-electron chi connectivity index (χ0n) is 32.6. The van der Waals surface area contributed by atoms with Crippen LogP contribution in [-0.2, 0) is 0 Å². The number of rotatable bonds is 7. The van der Waals surface area contributed by atoms with Crippen molar-refractivity contribution < 1.29 is 0 Å². The van der Waals surface area contributed by atoms with Crippen molar-refractivity contribution in [2.75, 3.05) is 0 Å². The lowest BCUT2D eigenvalue weighted by Crippen LogP contribution is -2.05. The summed E-state index contributed by atoms with van der Waals surface area (Å²) in [5.74, 6) is 1.53. The first-order valence-electron chi connectivity index (χ1n) is 19.7.